The van der Waals surface area contributed by atoms with Gasteiger partial charge >= 0.3 is 0 Å². The average Bonchev–Trinajstić information content (AvgIpc) is 1.59. The fourth-order valence-corrected chi connectivity index (χ4v) is 1.71. The fourth-order valence-electron chi connectivity index (χ4n) is 0.520. The summed E-state index contributed by atoms with van der Waals surface area (Å²) in [5.74, 6) is 0. The van der Waals surface area contributed by atoms with E-state index in [-0.39, 0.29) is 0 Å². The summed E-state index contributed by atoms with van der Waals surface area (Å²) in [6, 6.07) is 0. The molecule has 0 aliphatic rings. The molecule has 0 aliphatic carbocycles. The summed E-state index contributed by atoms with van der Waals surface area (Å²) in [4.78, 5) is 0. The van der Waals surface area contributed by atoms with E-state index in [1.807, 2.05) is 13.0 Å². The maximum Gasteiger partial charge on any atom is 0.194 e. The average molecular weight is 266 g/mol. The van der Waals surface area contributed by atoms with Crippen molar-refractivity contribution < 1.29 is 0 Å². The molecule has 0 aromatic carbocycles. The maximum absolute atomic E-state index is 5.54. The van der Waals surface area contributed by atoms with E-state index in [1.54, 1.807) is 0 Å². The minimum Gasteiger partial charge on any atom is -0.0883 e. The van der Waals surface area contributed by atoms with Crippen LogP contribution in [0.4, 0.5) is 0 Å². The van der Waals surface area contributed by atoms with Gasteiger partial charge in [-0.1, -0.05) is 62.4 Å². The van der Waals surface area contributed by atoms with Crippen LogP contribution in [0.1, 0.15) is 13.3 Å². The summed E-state index contributed by atoms with van der Waals surface area (Å²) in [6.45, 7) is 1.93. The molecule has 0 aromatic heterocycles. The van der Waals surface area contributed by atoms with E-state index in [0.29, 0.717) is 6.42 Å². The molecule has 0 saturated heterocycles. The lowest BCUT2D eigenvalue weighted by molar-refractivity contribution is 0.991. The summed E-state index contributed by atoms with van der Waals surface area (Å²) in [7, 11) is 0. The minimum atomic E-state index is -1.15. The van der Waals surface area contributed by atoms with E-state index in [9.17, 15) is 0 Å². The number of halogens is 4. The molecule has 0 aromatic rings. The molecule has 0 N–H and O–H groups in total. The molecular formula is C6H8BrCl3. The summed E-state index contributed by atoms with van der Waals surface area (Å²) in [5, 5.41) is 0.805. The third kappa shape index (κ3) is 7.20. The van der Waals surface area contributed by atoms with Gasteiger partial charge in [-0.2, -0.15) is 0 Å². The molecule has 0 fully saturated rings. The number of rotatable bonds is 2. The van der Waals surface area contributed by atoms with Gasteiger partial charge in [0, 0.05) is 11.8 Å². The highest BCUT2D eigenvalue weighted by Crippen LogP contribution is 2.32. The molecular weight excluding hydrogens is 258 g/mol. The third-order valence-electron chi connectivity index (χ3n) is 0.905. The van der Waals surface area contributed by atoms with Crippen LogP contribution in [0.5, 0.6) is 0 Å². The fraction of sp³-hybridized carbons (Fsp3) is 0.667. The van der Waals surface area contributed by atoms with Crippen molar-refractivity contribution in [1.29, 1.82) is 0 Å². The Balaban J connectivity index is 3.79. The predicted octanol–water partition coefficient (Wildman–Crippen LogP) is 4.09. The van der Waals surface area contributed by atoms with E-state index < -0.39 is 3.79 Å². The normalized spacial score (nSPS) is 13.9. The lowest BCUT2D eigenvalue weighted by atomic mass is 10.2. The van der Waals surface area contributed by atoms with E-state index >= 15 is 0 Å². The molecule has 0 nitrogen and oxygen atoms in total. The second-order valence-corrected chi connectivity index (χ2v) is 5.16. The SMILES string of the molecule is CC(=CCBr)CC(Cl)(Cl)Cl. The summed E-state index contributed by atoms with van der Waals surface area (Å²) >= 11 is 19.9. The Morgan fingerprint density at radius 1 is 1.50 bits per heavy atom. The second-order valence-electron chi connectivity index (χ2n) is 2.00. The smallest absolute Gasteiger partial charge is 0.0883 e. The molecule has 0 heterocycles. The van der Waals surface area contributed by atoms with Gasteiger partial charge in [0.05, 0.1) is 0 Å². The van der Waals surface area contributed by atoms with Gasteiger partial charge < -0.3 is 0 Å². The van der Waals surface area contributed by atoms with Crippen LogP contribution in [0.25, 0.3) is 0 Å². The van der Waals surface area contributed by atoms with Crippen LogP contribution in [-0.4, -0.2) is 9.12 Å². The molecule has 10 heavy (non-hydrogen) atoms. The van der Waals surface area contributed by atoms with Crippen molar-refractivity contribution in [1.82, 2.24) is 0 Å². The Hall–Kier alpha value is 1.09. The standard InChI is InChI=1S/C6H8BrCl3/c1-5(2-3-7)4-6(8,9)10/h2H,3-4H2,1H3. The molecule has 0 bridgehead atoms. The van der Waals surface area contributed by atoms with E-state index in [2.05, 4.69) is 15.9 Å². The zero-order valence-corrected chi connectivity index (χ0v) is 9.36. The van der Waals surface area contributed by atoms with Crippen molar-refractivity contribution in [2.45, 2.75) is 17.1 Å². The first-order valence-electron chi connectivity index (χ1n) is 2.74. The monoisotopic (exact) mass is 264 g/mol. The molecule has 0 unspecified atom stereocenters. The first-order valence-corrected chi connectivity index (χ1v) is 4.99. The van der Waals surface area contributed by atoms with Crippen LogP contribution in [0.2, 0.25) is 0 Å². The van der Waals surface area contributed by atoms with Crippen molar-refractivity contribution in [2.24, 2.45) is 0 Å². The van der Waals surface area contributed by atoms with Crippen molar-refractivity contribution in [2.75, 3.05) is 5.33 Å². The van der Waals surface area contributed by atoms with Crippen LogP contribution in [-0.2, 0) is 0 Å². The van der Waals surface area contributed by atoms with Gasteiger partial charge in [0.2, 0.25) is 0 Å². The van der Waals surface area contributed by atoms with E-state index in [0.717, 1.165) is 10.9 Å². The quantitative estimate of drug-likeness (QED) is 0.522. The Kier molecular flexibility index (Phi) is 5.40. The zero-order valence-electron chi connectivity index (χ0n) is 5.50. The topological polar surface area (TPSA) is 0 Å². The molecule has 60 valence electrons. The van der Waals surface area contributed by atoms with Crippen LogP contribution in [0.3, 0.4) is 0 Å². The highest BCUT2D eigenvalue weighted by atomic mass is 79.9. The number of hydrogen-bond acceptors (Lipinski definition) is 0. The second kappa shape index (κ2) is 4.87. The van der Waals surface area contributed by atoms with Crippen molar-refractivity contribution in [3.8, 4) is 0 Å². The van der Waals surface area contributed by atoms with Crippen LogP contribution in [0, 0.1) is 0 Å². The van der Waals surface area contributed by atoms with Gasteiger partial charge in [-0.25, -0.2) is 0 Å². The largest absolute Gasteiger partial charge is 0.194 e. The molecule has 4 heteroatoms. The van der Waals surface area contributed by atoms with Gasteiger partial charge in [-0.3, -0.25) is 0 Å². The van der Waals surface area contributed by atoms with Crippen LogP contribution < -0.4 is 0 Å². The van der Waals surface area contributed by atoms with Gasteiger partial charge in [0.15, 0.2) is 3.79 Å². The predicted molar refractivity (Wildman–Crippen MR) is 52.5 cm³/mol. The minimum absolute atomic E-state index is 0.489. The lowest BCUT2D eigenvalue weighted by Crippen LogP contribution is -2.01. The van der Waals surface area contributed by atoms with Gasteiger partial charge in [0.25, 0.3) is 0 Å². The number of hydrogen-bond donors (Lipinski definition) is 0. The zero-order chi connectivity index (χ0) is 8.20. The van der Waals surface area contributed by atoms with Gasteiger partial charge in [-0.15, -0.1) is 0 Å². The van der Waals surface area contributed by atoms with Crippen LogP contribution in [0.15, 0.2) is 11.6 Å². The Morgan fingerprint density at radius 2 is 2.00 bits per heavy atom. The third-order valence-corrected chi connectivity index (χ3v) is 1.63. The van der Waals surface area contributed by atoms with Gasteiger partial charge in [-0.05, 0) is 6.92 Å². The number of allylic oxidation sites excluding steroid dienone is 2. The molecule has 0 amide bonds. The van der Waals surface area contributed by atoms with Gasteiger partial charge in [0.1, 0.15) is 0 Å². The molecule has 0 radical (unpaired) electrons. The first-order chi connectivity index (χ1) is 4.45. The molecule has 0 spiro atoms. The van der Waals surface area contributed by atoms with E-state index in [4.69, 9.17) is 34.8 Å². The summed E-state index contributed by atoms with van der Waals surface area (Å²) in [6.07, 6.45) is 2.46. The summed E-state index contributed by atoms with van der Waals surface area (Å²) in [5.41, 5.74) is 1.08. The Bertz CT molecular complexity index is 125. The van der Waals surface area contributed by atoms with Crippen molar-refractivity contribution >= 4 is 50.7 Å². The maximum atomic E-state index is 5.54. The van der Waals surface area contributed by atoms with Crippen molar-refractivity contribution in [3.63, 3.8) is 0 Å². The molecule has 0 saturated carbocycles. The van der Waals surface area contributed by atoms with Crippen LogP contribution >= 0.6 is 50.7 Å². The number of alkyl halides is 4. The highest BCUT2D eigenvalue weighted by Gasteiger charge is 2.19. The highest BCUT2D eigenvalue weighted by molar-refractivity contribution is 9.09. The molecule has 0 rings (SSSR count). The Labute approximate surface area is 84.7 Å². The Morgan fingerprint density at radius 3 is 2.30 bits per heavy atom. The summed E-state index contributed by atoms with van der Waals surface area (Å²) < 4.78 is -1.15. The lowest BCUT2D eigenvalue weighted by Gasteiger charge is -2.09. The van der Waals surface area contributed by atoms with E-state index in [1.165, 1.54) is 0 Å². The molecule has 0 aliphatic heterocycles. The van der Waals surface area contributed by atoms with Crippen molar-refractivity contribution in [3.05, 3.63) is 11.6 Å². The molecule has 0 atom stereocenters. The first kappa shape index (κ1) is 11.1.